The number of phenolic OH excluding ortho intramolecular Hbond substituents is 1. The third kappa shape index (κ3) is 2.42. The van der Waals surface area contributed by atoms with Crippen molar-refractivity contribution in [3.8, 4) is 22.8 Å². The molecule has 0 saturated heterocycles. The average molecular weight is 257 g/mol. The fourth-order valence-corrected chi connectivity index (χ4v) is 2.01. The van der Waals surface area contributed by atoms with E-state index in [0.29, 0.717) is 18.6 Å². The quantitative estimate of drug-likeness (QED) is 0.856. The van der Waals surface area contributed by atoms with Gasteiger partial charge in [-0.25, -0.2) is 4.98 Å². The number of pyridine rings is 1. The number of hydrogen-bond acceptors (Lipinski definition) is 4. The van der Waals surface area contributed by atoms with Gasteiger partial charge >= 0.3 is 0 Å². The molecule has 0 amide bonds. The van der Waals surface area contributed by atoms with Crippen molar-refractivity contribution in [2.45, 2.75) is 13.3 Å². The molecule has 0 spiro atoms. The van der Waals surface area contributed by atoms with E-state index in [2.05, 4.69) is 4.98 Å². The minimum absolute atomic E-state index is 0.0455. The molecule has 1 N–H and O–H groups in total. The van der Waals surface area contributed by atoms with Gasteiger partial charge in [-0.2, -0.15) is 0 Å². The third-order valence-corrected chi connectivity index (χ3v) is 3.00. The number of ether oxygens (including phenoxy) is 1. The van der Waals surface area contributed by atoms with E-state index in [1.165, 1.54) is 0 Å². The molecule has 0 aliphatic rings. The van der Waals surface area contributed by atoms with Crippen LogP contribution in [0, 0.1) is 0 Å². The minimum atomic E-state index is 0.0455. The Morgan fingerprint density at radius 2 is 2.21 bits per heavy atom. The van der Waals surface area contributed by atoms with E-state index in [1.807, 2.05) is 19.1 Å². The molecule has 19 heavy (non-hydrogen) atoms. The van der Waals surface area contributed by atoms with Gasteiger partial charge in [0.1, 0.15) is 5.75 Å². The molecule has 0 aliphatic heterocycles. The topological polar surface area (TPSA) is 59.4 Å². The van der Waals surface area contributed by atoms with E-state index in [-0.39, 0.29) is 11.3 Å². The van der Waals surface area contributed by atoms with Crippen LogP contribution in [0.2, 0.25) is 0 Å². The van der Waals surface area contributed by atoms with Gasteiger partial charge in [0.2, 0.25) is 5.88 Å². The van der Waals surface area contributed by atoms with E-state index in [9.17, 15) is 9.90 Å². The maximum absolute atomic E-state index is 11.0. The first-order valence-corrected chi connectivity index (χ1v) is 6.01. The molecule has 4 heteroatoms. The van der Waals surface area contributed by atoms with Crippen molar-refractivity contribution >= 4 is 6.29 Å². The summed E-state index contributed by atoms with van der Waals surface area (Å²) in [6.07, 6.45) is 2.94. The Labute approximate surface area is 111 Å². The van der Waals surface area contributed by atoms with Gasteiger partial charge in [0.05, 0.1) is 12.7 Å². The average Bonchev–Trinajstić information content (AvgIpc) is 2.47. The zero-order chi connectivity index (χ0) is 13.8. The number of benzene rings is 1. The minimum Gasteiger partial charge on any atom is -0.507 e. The Balaban J connectivity index is 2.65. The number of nitrogens with zero attached hydrogens (tertiary/aromatic N) is 1. The molecule has 1 aromatic heterocycles. The number of carbonyl (C=O) groups is 1. The molecule has 98 valence electrons. The molecule has 2 rings (SSSR count). The second-order valence-corrected chi connectivity index (χ2v) is 4.10. The summed E-state index contributed by atoms with van der Waals surface area (Å²) in [6, 6.07) is 7.16. The summed E-state index contributed by atoms with van der Waals surface area (Å²) in [5.41, 5.74) is 2.61. The molecule has 2 aromatic rings. The lowest BCUT2D eigenvalue weighted by atomic mass is 9.98. The Morgan fingerprint density at radius 3 is 2.84 bits per heavy atom. The Kier molecular flexibility index (Phi) is 3.80. The van der Waals surface area contributed by atoms with Gasteiger partial charge in [0.15, 0.2) is 6.29 Å². The number of aromatic hydroxyl groups is 1. The molecule has 1 heterocycles. The fraction of sp³-hybridized carbons (Fsp3) is 0.200. The van der Waals surface area contributed by atoms with E-state index < -0.39 is 0 Å². The van der Waals surface area contributed by atoms with Gasteiger partial charge in [-0.1, -0.05) is 6.92 Å². The van der Waals surface area contributed by atoms with E-state index in [0.717, 1.165) is 16.7 Å². The molecule has 0 saturated carbocycles. The number of aryl methyl sites for hydroxylation is 1. The molecule has 1 aromatic carbocycles. The molecule has 0 fully saturated rings. The van der Waals surface area contributed by atoms with E-state index >= 15 is 0 Å². The molecular weight excluding hydrogens is 242 g/mol. The highest BCUT2D eigenvalue weighted by Crippen LogP contribution is 2.33. The molecule has 4 nitrogen and oxygen atoms in total. The van der Waals surface area contributed by atoms with Crippen LogP contribution < -0.4 is 4.74 Å². The first-order valence-electron chi connectivity index (χ1n) is 6.01. The first kappa shape index (κ1) is 13.1. The van der Waals surface area contributed by atoms with Gasteiger partial charge in [0, 0.05) is 11.8 Å². The van der Waals surface area contributed by atoms with Crippen LogP contribution in [0.1, 0.15) is 22.8 Å². The zero-order valence-corrected chi connectivity index (χ0v) is 10.9. The lowest BCUT2D eigenvalue weighted by molar-refractivity contribution is 0.112. The predicted molar refractivity (Wildman–Crippen MR) is 72.7 cm³/mol. The summed E-state index contributed by atoms with van der Waals surface area (Å²) < 4.78 is 5.22. The van der Waals surface area contributed by atoms with Gasteiger partial charge in [-0.3, -0.25) is 4.79 Å². The van der Waals surface area contributed by atoms with Crippen molar-refractivity contribution in [1.29, 1.82) is 0 Å². The lowest BCUT2D eigenvalue weighted by Gasteiger charge is -2.11. The Bertz CT molecular complexity index is 608. The van der Waals surface area contributed by atoms with E-state index in [1.54, 1.807) is 25.4 Å². The van der Waals surface area contributed by atoms with Crippen molar-refractivity contribution in [3.63, 3.8) is 0 Å². The van der Waals surface area contributed by atoms with Crippen LogP contribution in [-0.2, 0) is 6.42 Å². The fourth-order valence-electron chi connectivity index (χ4n) is 2.01. The van der Waals surface area contributed by atoms with Crippen molar-refractivity contribution < 1.29 is 14.6 Å². The van der Waals surface area contributed by atoms with Crippen LogP contribution in [0.15, 0.2) is 30.5 Å². The number of hydrogen-bond donors (Lipinski definition) is 1. The van der Waals surface area contributed by atoms with Gasteiger partial charge < -0.3 is 9.84 Å². The normalized spacial score (nSPS) is 10.2. The second-order valence-electron chi connectivity index (χ2n) is 4.10. The summed E-state index contributed by atoms with van der Waals surface area (Å²) >= 11 is 0. The molecular formula is C15H15NO3. The molecule has 0 radical (unpaired) electrons. The first-order chi connectivity index (χ1) is 9.21. The highest BCUT2D eigenvalue weighted by Gasteiger charge is 2.12. The molecule has 0 aliphatic carbocycles. The SMILES string of the molecule is CCc1cc(-c2cccnc2OC)cc(C=O)c1O. The van der Waals surface area contributed by atoms with E-state index in [4.69, 9.17) is 4.74 Å². The van der Waals surface area contributed by atoms with Gasteiger partial charge in [0.25, 0.3) is 0 Å². The van der Waals surface area contributed by atoms with Crippen LogP contribution in [0.25, 0.3) is 11.1 Å². The maximum atomic E-state index is 11.0. The van der Waals surface area contributed by atoms with Crippen molar-refractivity contribution in [2.75, 3.05) is 7.11 Å². The smallest absolute Gasteiger partial charge is 0.221 e. The Morgan fingerprint density at radius 1 is 1.42 bits per heavy atom. The van der Waals surface area contributed by atoms with Crippen LogP contribution >= 0.6 is 0 Å². The highest BCUT2D eigenvalue weighted by atomic mass is 16.5. The van der Waals surface area contributed by atoms with Crippen molar-refractivity contribution in [3.05, 3.63) is 41.6 Å². The molecule has 0 atom stereocenters. The second kappa shape index (κ2) is 5.52. The zero-order valence-electron chi connectivity index (χ0n) is 10.9. The van der Waals surface area contributed by atoms with Crippen LogP contribution in [0.5, 0.6) is 11.6 Å². The standard InChI is InChI=1S/C15H15NO3/c1-3-10-7-11(8-12(9-17)14(10)18)13-5-4-6-16-15(13)19-2/h4-9,18H,3H2,1-2H3. The molecule has 0 bridgehead atoms. The molecule has 0 unspecified atom stereocenters. The van der Waals surface area contributed by atoms with Crippen LogP contribution in [0.4, 0.5) is 0 Å². The maximum Gasteiger partial charge on any atom is 0.221 e. The number of methoxy groups -OCH3 is 1. The van der Waals surface area contributed by atoms with Gasteiger partial charge in [-0.15, -0.1) is 0 Å². The highest BCUT2D eigenvalue weighted by molar-refractivity contribution is 5.84. The summed E-state index contributed by atoms with van der Waals surface area (Å²) in [5, 5.41) is 9.91. The van der Waals surface area contributed by atoms with Crippen LogP contribution in [0.3, 0.4) is 0 Å². The summed E-state index contributed by atoms with van der Waals surface area (Å²) in [5.74, 6) is 0.538. The van der Waals surface area contributed by atoms with Crippen molar-refractivity contribution in [1.82, 2.24) is 4.98 Å². The van der Waals surface area contributed by atoms with Crippen LogP contribution in [-0.4, -0.2) is 23.5 Å². The third-order valence-electron chi connectivity index (χ3n) is 3.00. The number of phenols is 1. The number of rotatable bonds is 4. The summed E-state index contributed by atoms with van der Waals surface area (Å²) in [6.45, 7) is 1.92. The van der Waals surface area contributed by atoms with Gasteiger partial charge in [-0.05, 0) is 41.8 Å². The lowest BCUT2D eigenvalue weighted by Crippen LogP contribution is -1.94. The Hall–Kier alpha value is -2.36. The number of aromatic nitrogens is 1. The number of carbonyl (C=O) groups excluding carboxylic acids is 1. The summed E-state index contributed by atoms with van der Waals surface area (Å²) in [7, 11) is 1.55. The predicted octanol–water partition coefficient (Wildman–Crippen LogP) is 2.84. The monoisotopic (exact) mass is 257 g/mol. The number of aldehydes is 1. The summed E-state index contributed by atoms with van der Waals surface area (Å²) in [4.78, 5) is 15.2. The largest absolute Gasteiger partial charge is 0.507 e. The van der Waals surface area contributed by atoms with Crippen molar-refractivity contribution in [2.24, 2.45) is 0 Å².